The van der Waals surface area contributed by atoms with Gasteiger partial charge in [-0.05, 0) is 0 Å². The molecule has 1 rings (SSSR count). The quantitative estimate of drug-likeness (QED) is 0.733. The molecule has 0 spiro atoms. The van der Waals surface area contributed by atoms with Crippen molar-refractivity contribution in [2.75, 3.05) is 0 Å². The first-order chi connectivity index (χ1) is 5.33. The van der Waals surface area contributed by atoms with Crippen molar-refractivity contribution in [3.63, 3.8) is 0 Å². The third kappa shape index (κ3) is 2.67. The molecule has 4 heteroatoms. The van der Waals surface area contributed by atoms with E-state index in [0.29, 0.717) is 6.54 Å². The van der Waals surface area contributed by atoms with Crippen LogP contribution in [0.1, 0.15) is 11.9 Å². The van der Waals surface area contributed by atoms with Gasteiger partial charge in [0.25, 0.3) is 0 Å². The molecule has 59 valence electrons. The topological polar surface area (TPSA) is 42.0 Å². The van der Waals surface area contributed by atoms with Gasteiger partial charge in [-0.3, -0.25) is 4.79 Å². The molecule has 1 aromatic heterocycles. The Kier molecular flexibility index (Phi) is 3.04. The maximum atomic E-state index is 10.7. The van der Waals surface area contributed by atoms with Gasteiger partial charge in [-0.15, -0.1) is 11.3 Å². The molecule has 0 saturated heterocycles. The van der Waals surface area contributed by atoms with E-state index in [2.05, 4.69) is 10.3 Å². The summed E-state index contributed by atoms with van der Waals surface area (Å²) in [6.45, 7) is 2.23. The van der Waals surface area contributed by atoms with Gasteiger partial charge in [0.05, 0.1) is 6.54 Å². The van der Waals surface area contributed by atoms with Gasteiger partial charge in [0.2, 0.25) is 5.91 Å². The highest BCUT2D eigenvalue weighted by molar-refractivity contribution is 7.09. The van der Waals surface area contributed by atoms with Gasteiger partial charge in [0.1, 0.15) is 5.01 Å². The number of thiazole rings is 1. The largest absolute Gasteiger partial charge is 0.349 e. The van der Waals surface area contributed by atoms with Crippen molar-refractivity contribution in [1.82, 2.24) is 10.3 Å². The van der Waals surface area contributed by atoms with E-state index in [4.69, 9.17) is 0 Å². The molecule has 0 aliphatic rings. The van der Waals surface area contributed by atoms with E-state index < -0.39 is 0 Å². The van der Waals surface area contributed by atoms with Gasteiger partial charge in [-0.1, -0.05) is 6.92 Å². The molecular formula is C7H9N2OS. The minimum absolute atomic E-state index is 0.0554. The highest BCUT2D eigenvalue weighted by Crippen LogP contribution is 2.02. The molecule has 0 bridgehead atoms. The van der Waals surface area contributed by atoms with E-state index >= 15 is 0 Å². The molecular weight excluding hydrogens is 160 g/mol. The molecule has 3 nitrogen and oxygen atoms in total. The number of amides is 1. The van der Waals surface area contributed by atoms with Crippen molar-refractivity contribution in [3.05, 3.63) is 23.0 Å². The second-order valence-electron chi connectivity index (χ2n) is 1.93. The second-order valence-corrected chi connectivity index (χ2v) is 2.91. The van der Waals surface area contributed by atoms with Crippen LogP contribution in [0.15, 0.2) is 11.6 Å². The maximum Gasteiger partial charge on any atom is 0.223 e. The lowest BCUT2D eigenvalue weighted by molar-refractivity contribution is -0.117. The highest BCUT2D eigenvalue weighted by atomic mass is 32.1. The summed E-state index contributed by atoms with van der Waals surface area (Å²) >= 11 is 1.54. The van der Waals surface area contributed by atoms with Gasteiger partial charge in [0.15, 0.2) is 0 Å². The molecule has 1 heterocycles. The number of carbonyl (C=O) groups is 1. The summed E-state index contributed by atoms with van der Waals surface area (Å²) < 4.78 is 0. The van der Waals surface area contributed by atoms with E-state index in [9.17, 15) is 4.79 Å². The van der Waals surface area contributed by atoms with Gasteiger partial charge in [-0.2, -0.15) is 0 Å². The minimum atomic E-state index is -0.0554. The average Bonchev–Trinajstić information content (AvgIpc) is 2.52. The number of hydrogen-bond acceptors (Lipinski definition) is 3. The normalized spacial score (nSPS) is 9.55. The Morgan fingerprint density at radius 1 is 1.91 bits per heavy atom. The van der Waals surface area contributed by atoms with Gasteiger partial charge >= 0.3 is 0 Å². The first-order valence-corrected chi connectivity index (χ1v) is 4.16. The first kappa shape index (κ1) is 8.20. The smallest absolute Gasteiger partial charge is 0.223 e. The van der Waals surface area contributed by atoms with Crippen LogP contribution in [0, 0.1) is 6.42 Å². The molecule has 0 aromatic carbocycles. The molecule has 0 aliphatic heterocycles. The summed E-state index contributed by atoms with van der Waals surface area (Å²) in [4.78, 5) is 14.7. The predicted molar refractivity (Wildman–Crippen MR) is 43.9 cm³/mol. The first-order valence-electron chi connectivity index (χ1n) is 3.28. The molecule has 0 aliphatic carbocycles. The Morgan fingerprint density at radius 2 is 2.73 bits per heavy atom. The number of aromatic nitrogens is 1. The third-order valence-corrected chi connectivity index (χ3v) is 1.94. The fourth-order valence-electron chi connectivity index (χ4n) is 0.605. The Bertz CT molecular complexity index is 220. The number of hydrogen-bond donors (Lipinski definition) is 1. The van der Waals surface area contributed by atoms with Crippen LogP contribution in [0.3, 0.4) is 0 Å². The van der Waals surface area contributed by atoms with Crippen molar-refractivity contribution in [3.8, 4) is 0 Å². The Hall–Kier alpha value is -0.900. The lowest BCUT2D eigenvalue weighted by Crippen LogP contribution is -2.21. The van der Waals surface area contributed by atoms with Crippen LogP contribution in [0.25, 0.3) is 0 Å². The third-order valence-electron chi connectivity index (χ3n) is 1.16. The minimum Gasteiger partial charge on any atom is -0.349 e. The van der Waals surface area contributed by atoms with Crippen molar-refractivity contribution < 1.29 is 4.79 Å². The zero-order chi connectivity index (χ0) is 8.10. The van der Waals surface area contributed by atoms with E-state index in [0.717, 1.165) is 5.01 Å². The molecule has 0 fully saturated rings. The summed E-state index contributed by atoms with van der Waals surface area (Å²) in [5.74, 6) is -0.0554. The summed E-state index contributed by atoms with van der Waals surface area (Å²) in [6.07, 6.45) is 3.22. The van der Waals surface area contributed by atoms with Gasteiger partial charge in [0, 0.05) is 18.0 Å². The highest BCUT2D eigenvalue weighted by Gasteiger charge is 1.98. The number of nitrogens with one attached hydrogen (secondary N) is 1. The van der Waals surface area contributed by atoms with Crippen molar-refractivity contribution in [2.45, 2.75) is 13.5 Å². The molecule has 0 unspecified atom stereocenters. The molecule has 11 heavy (non-hydrogen) atoms. The molecule has 1 aromatic rings. The fourth-order valence-corrected chi connectivity index (χ4v) is 1.16. The lowest BCUT2D eigenvalue weighted by atomic mass is 10.4. The Balaban J connectivity index is 2.29. The number of carbonyl (C=O) groups excluding carboxylic acids is 1. The number of nitrogens with zero attached hydrogens (tertiary/aromatic N) is 1. The molecule has 1 N–H and O–H groups in total. The summed E-state index contributed by atoms with van der Waals surface area (Å²) in [7, 11) is 0. The van der Waals surface area contributed by atoms with Gasteiger partial charge in [-0.25, -0.2) is 4.98 Å². The molecule has 0 atom stereocenters. The molecule has 0 saturated carbocycles. The van der Waals surface area contributed by atoms with Crippen LogP contribution in [-0.2, 0) is 11.3 Å². The monoisotopic (exact) mass is 169 g/mol. The summed E-state index contributed by atoms with van der Waals surface area (Å²) in [5, 5.41) is 5.50. The summed E-state index contributed by atoms with van der Waals surface area (Å²) in [6, 6.07) is 0. The van der Waals surface area contributed by atoms with Crippen LogP contribution < -0.4 is 5.32 Å². The zero-order valence-corrected chi connectivity index (χ0v) is 7.02. The lowest BCUT2D eigenvalue weighted by Gasteiger charge is -1.97. The second kappa shape index (κ2) is 4.08. The van der Waals surface area contributed by atoms with Crippen molar-refractivity contribution in [2.24, 2.45) is 0 Å². The van der Waals surface area contributed by atoms with Crippen LogP contribution in [0.2, 0.25) is 0 Å². The molecule has 1 amide bonds. The standard InChI is InChI=1S/C7H9N2OS/c1-2-6(10)9-5-7-8-3-4-11-7/h2-4H,5H2,1H3,(H,9,10). The van der Waals surface area contributed by atoms with Crippen LogP contribution in [-0.4, -0.2) is 10.9 Å². The van der Waals surface area contributed by atoms with E-state index in [1.807, 2.05) is 5.38 Å². The zero-order valence-electron chi connectivity index (χ0n) is 6.20. The van der Waals surface area contributed by atoms with Crippen molar-refractivity contribution in [1.29, 1.82) is 0 Å². The number of rotatable bonds is 3. The van der Waals surface area contributed by atoms with Crippen LogP contribution in [0.5, 0.6) is 0 Å². The summed E-state index contributed by atoms with van der Waals surface area (Å²) in [5.41, 5.74) is 0. The van der Waals surface area contributed by atoms with Crippen LogP contribution in [0.4, 0.5) is 0 Å². The maximum absolute atomic E-state index is 10.7. The van der Waals surface area contributed by atoms with Crippen molar-refractivity contribution >= 4 is 17.2 Å². The Morgan fingerprint density at radius 3 is 3.27 bits per heavy atom. The SMILES string of the molecule is C[CH]C(=O)NCc1nccs1. The average molecular weight is 169 g/mol. The van der Waals surface area contributed by atoms with E-state index in [1.165, 1.54) is 17.8 Å². The van der Waals surface area contributed by atoms with Crippen LogP contribution >= 0.6 is 11.3 Å². The predicted octanol–water partition coefficient (Wildman–Crippen LogP) is 0.983. The van der Waals surface area contributed by atoms with Gasteiger partial charge < -0.3 is 5.32 Å². The van der Waals surface area contributed by atoms with E-state index in [-0.39, 0.29) is 5.91 Å². The molecule has 1 radical (unpaired) electrons. The van der Waals surface area contributed by atoms with E-state index in [1.54, 1.807) is 13.1 Å². The fraction of sp³-hybridized carbons (Fsp3) is 0.286. The Labute approximate surface area is 69.5 Å².